The lowest BCUT2D eigenvalue weighted by atomic mass is 10.2. The van der Waals surface area contributed by atoms with Crippen molar-refractivity contribution in [2.75, 3.05) is 12.3 Å². The molecule has 0 saturated heterocycles. The van der Waals surface area contributed by atoms with Crippen LogP contribution in [0.4, 0.5) is 0 Å². The Bertz CT molecular complexity index is 304. The first-order valence-electron chi connectivity index (χ1n) is 5.88. The van der Waals surface area contributed by atoms with Crippen LogP contribution in [0.2, 0.25) is 0 Å². The third kappa shape index (κ3) is 5.37. The highest BCUT2D eigenvalue weighted by Crippen LogP contribution is 2.22. The van der Waals surface area contributed by atoms with Crippen LogP contribution in [0.25, 0.3) is 0 Å². The zero-order valence-corrected chi connectivity index (χ0v) is 12.4. The maximum atomic E-state index is 3.57. The second-order valence-corrected chi connectivity index (χ2v) is 5.84. The summed E-state index contributed by atoms with van der Waals surface area (Å²) in [5.74, 6) is 1.15. The molecule has 0 bridgehead atoms. The summed E-state index contributed by atoms with van der Waals surface area (Å²) in [6.07, 6.45) is 2.40. The van der Waals surface area contributed by atoms with Gasteiger partial charge in [0, 0.05) is 21.2 Å². The highest BCUT2D eigenvalue weighted by atomic mass is 79.9. The fraction of sp³-hybridized carbons (Fsp3) is 0.538. The van der Waals surface area contributed by atoms with Gasteiger partial charge in [0.15, 0.2) is 0 Å². The van der Waals surface area contributed by atoms with Crippen molar-refractivity contribution in [3.63, 3.8) is 0 Å². The normalized spacial score (nSPS) is 12.7. The number of halogens is 1. The largest absolute Gasteiger partial charge is 0.313 e. The summed E-state index contributed by atoms with van der Waals surface area (Å²) in [5, 5.41) is 3.57. The molecule has 0 spiro atoms. The van der Waals surface area contributed by atoms with Crippen LogP contribution in [0.1, 0.15) is 26.7 Å². The van der Waals surface area contributed by atoms with Crippen molar-refractivity contribution >= 4 is 27.7 Å². The standard InChI is InChI=1S/C13H20BrNS/c1-3-8-15-12(4-2)10-16-13-7-5-6-11(14)9-13/h5-7,9,12,15H,3-4,8,10H2,1-2H3. The number of benzene rings is 1. The topological polar surface area (TPSA) is 12.0 Å². The molecule has 0 saturated carbocycles. The van der Waals surface area contributed by atoms with Crippen molar-refractivity contribution < 1.29 is 0 Å². The van der Waals surface area contributed by atoms with E-state index in [-0.39, 0.29) is 0 Å². The molecule has 1 nitrogen and oxygen atoms in total. The molecule has 0 aliphatic rings. The Morgan fingerprint density at radius 2 is 2.19 bits per heavy atom. The molecule has 0 radical (unpaired) electrons. The first kappa shape index (κ1) is 14.1. The van der Waals surface area contributed by atoms with Crippen molar-refractivity contribution in [1.29, 1.82) is 0 Å². The fourth-order valence-electron chi connectivity index (χ4n) is 1.42. The van der Waals surface area contributed by atoms with Gasteiger partial charge >= 0.3 is 0 Å². The van der Waals surface area contributed by atoms with E-state index in [9.17, 15) is 0 Å². The average molecular weight is 302 g/mol. The third-order valence-electron chi connectivity index (χ3n) is 2.42. The Kier molecular flexibility index (Phi) is 7.17. The van der Waals surface area contributed by atoms with E-state index in [1.54, 1.807) is 0 Å². The van der Waals surface area contributed by atoms with Crippen molar-refractivity contribution in [3.05, 3.63) is 28.7 Å². The number of hydrogen-bond donors (Lipinski definition) is 1. The molecule has 1 aromatic carbocycles. The van der Waals surface area contributed by atoms with Crippen molar-refractivity contribution in [2.24, 2.45) is 0 Å². The minimum absolute atomic E-state index is 0.629. The molecule has 1 atom stereocenters. The summed E-state index contributed by atoms with van der Waals surface area (Å²) in [5.41, 5.74) is 0. The van der Waals surface area contributed by atoms with Crippen LogP contribution in [0, 0.1) is 0 Å². The van der Waals surface area contributed by atoms with E-state index >= 15 is 0 Å². The Labute approximate surface area is 112 Å². The Morgan fingerprint density at radius 3 is 2.81 bits per heavy atom. The predicted molar refractivity (Wildman–Crippen MR) is 77.2 cm³/mol. The second-order valence-electron chi connectivity index (χ2n) is 3.83. The molecule has 1 unspecified atom stereocenters. The van der Waals surface area contributed by atoms with Crippen LogP contribution < -0.4 is 5.32 Å². The van der Waals surface area contributed by atoms with Gasteiger partial charge in [-0.3, -0.25) is 0 Å². The number of rotatable bonds is 7. The molecule has 0 fully saturated rings. The molecule has 1 rings (SSSR count). The van der Waals surface area contributed by atoms with Crippen LogP contribution >= 0.6 is 27.7 Å². The molecule has 0 aromatic heterocycles. The van der Waals surface area contributed by atoms with Gasteiger partial charge in [0.25, 0.3) is 0 Å². The zero-order valence-electron chi connectivity index (χ0n) is 10.0. The van der Waals surface area contributed by atoms with Gasteiger partial charge in [-0.1, -0.05) is 35.8 Å². The SMILES string of the molecule is CCCNC(CC)CSc1cccc(Br)c1. The van der Waals surface area contributed by atoms with E-state index in [1.807, 2.05) is 11.8 Å². The van der Waals surface area contributed by atoms with E-state index in [0.717, 1.165) is 16.8 Å². The Morgan fingerprint density at radius 1 is 1.38 bits per heavy atom. The van der Waals surface area contributed by atoms with Crippen molar-refractivity contribution in [3.8, 4) is 0 Å². The first-order chi connectivity index (χ1) is 7.76. The van der Waals surface area contributed by atoms with Crippen molar-refractivity contribution in [1.82, 2.24) is 5.32 Å². The average Bonchev–Trinajstić information content (AvgIpc) is 2.29. The molecule has 0 aliphatic heterocycles. The van der Waals surface area contributed by atoms with Gasteiger partial charge < -0.3 is 5.32 Å². The fourth-order valence-corrected chi connectivity index (χ4v) is 3.11. The van der Waals surface area contributed by atoms with E-state index in [1.165, 1.54) is 17.7 Å². The zero-order chi connectivity index (χ0) is 11.8. The molecule has 0 aliphatic carbocycles. The van der Waals surface area contributed by atoms with Gasteiger partial charge in [-0.2, -0.15) is 0 Å². The van der Waals surface area contributed by atoms with E-state index in [2.05, 4.69) is 59.4 Å². The summed E-state index contributed by atoms with van der Waals surface area (Å²) in [6, 6.07) is 9.13. The highest BCUT2D eigenvalue weighted by Gasteiger charge is 2.05. The predicted octanol–water partition coefficient (Wildman–Crippen LogP) is 4.32. The lowest BCUT2D eigenvalue weighted by Crippen LogP contribution is -2.31. The molecule has 1 N–H and O–H groups in total. The first-order valence-corrected chi connectivity index (χ1v) is 7.65. The number of hydrogen-bond acceptors (Lipinski definition) is 2. The van der Waals surface area contributed by atoms with Gasteiger partial charge in [-0.05, 0) is 37.6 Å². The van der Waals surface area contributed by atoms with Crippen LogP contribution in [-0.2, 0) is 0 Å². The smallest absolute Gasteiger partial charge is 0.0186 e. The van der Waals surface area contributed by atoms with Gasteiger partial charge in [0.2, 0.25) is 0 Å². The number of thioether (sulfide) groups is 1. The summed E-state index contributed by atoms with van der Waals surface area (Å²) in [4.78, 5) is 1.34. The highest BCUT2D eigenvalue weighted by molar-refractivity contribution is 9.10. The van der Waals surface area contributed by atoms with Gasteiger partial charge in [-0.25, -0.2) is 0 Å². The summed E-state index contributed by atoms with van der Waals surface area (Å²) in [6.45, 7) is 5.58. The maximum Gasteiger partial charge on any atom is 0.0186 e. The molecule has 0 amide bonds. The second kappa shape index (κ2) is 8.15. The Hall–Kier alpha value is 0.01000. The quantitative estimate of drug-likeness (QED) is 0.753. The van der Waals surface area contributed by atoms with Gasteiger partial charge in [-0.15, -0.1) is 11.8 Å². The number of nitrogens with one attached hydrogen (secondary N) is 1. The van der Waals surface area contributed by atoms with E-state index in [4.69, 9.17) is 0 Å². The van der Waals surface area contributed by atoms with Gasteiger partial charge in [0.1, 0.15) is 0 Å². The molecule has 16 heavy (non-hydrogen) atoms. The molecule has 90 valence electrons. The lowest BCUT2D eigenvalue weighted by molar-refractivity contribution is 0.539. The van der Waals surface area contributed by atoms with Crippen molar-refractivity contribution in [2.45, 2.75) is 37.6 Å². The lowest BCUT2D eigenvalue weighted by Gasteiger charge is -2.15. The van der Waals surface area contributed by atoms with E-state index in [0.29, 0.717) is 6.04 Å². The molecule has 3 heteroatoms. The minimum Gasteiger partial charge on any atom is -0.313 e. The summed E-state index contributed by atoms with van der Waals surface area (Å²) in [7, 11) is 0. The van der Waals surface area contributed by atoms with Crippen LogP contribution in [0.5, 0.6) is 0 Å². The van der Waals surface area contributed by atoms with Crippen LogP contribution in [-0.4, -0.2) is 18.3 Å². The van der Waals surface area contributed by atoms with E-state index < -0.39 is 0 Å². The van der Waals surface area contributed by atoms with Crippen LogP contribution in [0.3, 0.4) is 0 Å². The summed E-state index contributed by atoms with van der Waals surface area (Å²) < 4.78 is 1.16. The maximum absolute atomic E-state index is 3.57. The third-order valence-corrected chi connectivity index (χ3v) is 4.07. The molecule has 0 heterocycles. The Balaban J connectivity index is 2.37. The van der Waals surface area contributed by atoms with Gasteiger partial charge in [0.05, 0.1) is 0 Å². The molecule has 1 aromatic rings. The molecular weight excluding hydrogens is 282 g/mol. The van der Waals surface area contributed by atoms with Crippen LogP contribution in [0.15, 0.2) is 33.6 Å². The molecular formula is C13H20BrNS. The summed E-state index contributed by atoms with van der Waals surface area (Å²) >= 11 is 5.42. The minimum atomic E-state index is 0.629. The monoisotopic (exact) mass is 301 g/mol.